The molecule has 0 N–H and O–H groups in total. The second-order valence-corrected chi connectivity index (χ2v) is 8.21. The Morgan fingerprint density at radius 3 is 2.37 bits per heavy atom. The largest absolute Gasteiger partial charge is 0.497 e. The molecule has 0 radical (unpaired) electrons. The zero-order valence-corrected chi connectivity index (χ0v) is 17.9. The number of amides is 2. The predicted molar refractivity (Wildman–Crippen MR) is 118 cm³/mol. The second kappa shape index (κ2) is 8.38. The van der Waals surface area contributed by atoms with Crippen molar-refractivity contribution in [3.05, 3.63) is 53.6 Å². The van der Waals surface area contributed by atoms with Gasteiger partial charge >= 0.3 is 0 Å². The number of rotatable bonds is 4. The van der Waals surface area contributed by atoms with Gasteiger partial charge in [0.1, 0.15) is 5.75 Å². The minimum absolute atomic E-state index is 0.00698. The average molecular weight is 408 g/mol. The number of carbonyl (C=O) groups is 2. The molecule has 4 rings (SSSR count). The van der Waals surface area contributed by atoms with Crippen molar-refractivity contribution >= 4 is 23.2 Å². The van der Waals surface area contributed by atoms with Crippen LogP contribution in [-0.4, -0.2) is 56.5 Å². The van der Waals surface area contributed by atoms with Gasteiger partial charge in [-0.05, 0) is 55.3 Å². The Morgan fingerprint density at radius 1 is 1.00 bits per heavy atom. The maximum Gasteiger partial charge on any atom is 0.228 e. The highest BCUT2D eigenvalue weighted by atomic mass is 16.5. The molecule has 0 unspecified atom stereocenters. The van der Waals surface area contributed by atoms with Crippen LogP contribution in [0.1, 0.15) is 17.5 Å². The van der Waals surface area contributed by atoms with Crippen LogP contribution in [0.3, 0.4) is 0 Å². The maximum atomic E-state index is 13.1. The van der Waals surface area contributed by atoms with Gasteiger partial charge in [0, 0.05) is 50.5 Å². The Balaban J connectivity index is 1.37. The highest BCUT2D eigenvalue weighted by Gasteiger charge is 2.38. The number of ether oxygens (including phenoxy) is 1. The van der Waals surface area contributed by atoms with Crippen molar-refractivity contribution in [2.75, 3.05) is 49.6 Å². The van der Waals surface area contributed by atoms with E-state index in [4.69, 9.17) is 4.74 Å². The lowest BCUT2D eigenvalue weighted by Crippen LogP contribution is -2.50. The van der Waals surface area contributed by atoms with Crippen molar-refractivity contribution in [3.8, 4) is 5.75 Å². The first-order chi connectivity index (χ1) is 14.5. The fourth-order valence-corrected chi connectivity index (χ4v) is 4.37. The Hall–Kier alpha value is -3.02. The van der Waals surface area contributed by atoms with Gasteiger partial charge < -0.3 is 19.4 Å². The molecule has 2 aliphatic heterocycles. The summed E-state index contributed by atoms with van der Waals surface area (Å²) >= 11 is 0. The number of hydrogen-bond acceptors (Lipinski definition) is 4. The molecule has 158 valence electrons. The number of aryl methyl sites for hydroxylation is 2. The van der Waals surface area contributed by atoms with Crippen molar-refractivity contribution in [2.45, 2.75) is 20.3 Å². The fourth-order valence-electron chi connectivity index (χ4n) is 4.37. The average Bonchev–Trinajstić information content (AvgIpc) is 3.16. The maximum absolute atomic E-state index is 13.1. The molecular weight excluding hydrogens is 378 g/mol. The van der Waals surface area contributed by atoms with Crippen LogP contribution in [0.4, 0.5) is 11.4 Å². The standard InChI is InChI=1S/C24H29N3O3/c1-17-4-5-18(2)22(14-17)25-10-12-26(13-11-25)24(29)19-15-23(28)27(16-19)20-6-8-21(30-3)9-7-20/h4-9,14,19H,10-13,15-16H2,1-3H3/t19-/m0/s1. The molecule has 2 amide bonds. The van der Waals surface area contributed by atoms with E-state index in [9.17, 15) is 9.59 Å². The van der Waals surface area contributed by atoms with Crippen molar-refractivity contribution in [1.82, 2.24) is 4.90 Å². The van der Waals surface area contributed by atoms with E-state index in [1.807, 2.05) is 29.2 Å². The Bertz CT molecular complexity index is 933. The molecule has 2 aromatic carbocycles. The van der Waals surface area contributed by atoms with Crippen LogP contribution in [0.25, 0.3) is 0 Å². The highest BCUT2D eigenvalue weighted by molar-refractivity contribution is 6.00. The van der Waals surface area contributed by atoms with E-state index in [1.165, 1.54) is 16.8 Å². The summed E-state index contributed by atoms with van der Waals surface area (Å²) in [5.74, 6) is 0.583. The highest BCUT2D eigenvalue weighted by Crippen LogP contribution is 2.29. The lowest BCUT2D eigenvalue weighted by atomic mass is 10.1. The first kappa shape index (κ1) is 20.3. The molecule has 2 saturated heterocycles. The molecular formula is C24H29N3O3. The van der Waals surface area contributed by atoms with Gasteiger partial charge in [-0.15, -0.1) is 0 Å². The molecule has 0 saturated carbocycles. The Morgan fingerprint density at radius 2 is 1.70 bits per heavy atom. The van der Waals surface area contributed by atoms with E-state index in [0.29, 0.717) is 19.6 Å². The van der Waals surface area contributed by atoms with Gasteiger partial charge in [0.2, 0.25) is 11.8 Å². The van der Waals surface area contributed by atoms with Crippen LogP contribution in [0.15, 0.2) is 42.5 Å². The topological polar surface area (TPSA) is 53.1 Å². The summed E-state index contributed by atoms with van der Waals surface area (Å²) in [7, 11) is 1.62. The van der Waals surface area contributed by atoms with Gasteiger partial charge in [0.05, 0.1) is 13.0 Å². The zero-order valence-electron chi connectivity index (χ0n) is 17.9. The van der Waals surface area contributed by atoms with Gasteiger partial charge in [0.15, 0.2) is 0 Å². The Labute approximate surface area is 178 Å². The summed E-state index contributed by atoms with van der Waals surface area (Å²) in [5.41, 5.74) is 4.58. The van der Waals surface area contributed by atoms with E-state index >= 15 is 0 Å². The quantitative estimate of drug-likeness (QED) is 0.782. The number of piperazine rings is 1. The molecule has 1 atom stereocenters. The monoisotopic (exact) mass is 407 g/mol. The smallest absolute Gasteiger partial charge is 0.228 e. The molecule has 0 aromatic heterocycles. The zero-order chi connectivity index (χ0) is 21.3. The predicted octanol–water partition coefficient (Wildman–Crippen LogP) is 3.01. The van der Waals surface area contributed by atoms with E-state index in [0.717, 1.165) is 24.5 Å². The molecule has 6 nitrogen and oxygen atoms in total. The number of anilines is 2. The minimum atomic E-state index is -0.271. The van der Waals surface area contributed by atoms with E-state index < -0.39 is 0 Å². The molecule has 30 heavy (non-hydrogen) atoms. The van der Waals surface area contributed by atoms with Crippen molar-refractivity contribution in [2.24, 2.45) is 5.92 Å². The number of benzene rings is 2. The fraction of sp³-hybridized carbons (Fsp3) is 0.417. The van der Waals surface area contributed by atoms with E-state index in [1.54, 1.807) is 12.0 Å². The van der Waals surface area contributed by atoms with Crippen molar-refractivity contribution < 1.29 is 14.3 Å². The van der Waals surface area contributed by atoms with Gasteiger partial charge in [-0.3, -0.25) is 9.59 Å². The molecule has 6 heteroatoms. The first-order valence-corrected chi connectivity index (χ1v) is 10.5. The summed E-state index contributed by atoms with van der Waals surface area (Å²) in [6.45, 7) is 7.70. The van der Waals surface area contributed by atoms with E-state index in [2.05, 4.69) is 36.9 Å². The van der Waals surface area contributed by atoms with Gasteiger partial charge in [-0.2, -0.15) is 0 Å². The summed E-state index contributed by atoms with van der Waals surface area (Å²) in [5, 5.41) is 0. The Kier molecular flexibility index (Phi) is 5.66. The molecule has 2 aromatic rings. The third-order valence-corrected chi connectivity index (χ3v) is 6.16. The summed E-state index contributed by atoms with van der Waals surface area (Å²) in [6, 6.07) is 13.9. The molecule has 0 aliphatic carbocycles. The van der Waals surface area contributed by atoms with Crippen LogP contribution in [0.2, 0.25) is 0 Å². The molecule has 0 bridgehead atoms. The molecule has 0 spiro atoms. The molecule has 2 aliphatic rings. The number of hydrogen-bond donors (Lipinski definition) is 0. The van der Waals surface area contributed by atoms with Gasteiger partial charge in [-0.25, -0.2) is 0 Å². The van der Waals surface area contributed by atoms with Crippen LogP contribution in [0.5, 0.6) is 5.75 Å². The van der Waals surface area contributed by atoms with Crippen molar-refractivity contribution in [1.29, 1.82) is 0 Å². The second-order valence-electron chi connectivity index (χ2n) is 8.21. The van der Waals surface area contributed by atoms with Crippen LogP contribution >= 0.6 is 0 Å². The third kappa shape index (κ3) is 3.99. The normalized spacial score (nSPS) is 19.4. The SMILES string of the molecule is COc1ccc(N2C[C@@H](C(=O)N3CCN(c4cc(C)ccc4C)CC3)CC2=O)cc1. The van der Waals surface area contributed by atoms with Crippen LogP contribution in [0, 0.1) is 19.8 Å². The lowest BCUT2D eigenvalue weighted by molar-refractivity contribution is -0.136. The lowest BCUT2D eigenvalue weighted by Gasteiger charge is -2.37. The number of carbonyl (C=O) groups excluding carboxylic acids is 2. The van der Waals surface area contributed by atoms with Crippen LogP contribution < -0.4 is 14.5 Å². The van der Waals surface area contributed by atoms with Crippen LogP contribution in [-0.2, 0) is 9.59 Å². The number of methoxy groups -OCH3 is 1. The van der Waals surface area contributed by atoms with E-state index in [-0.39, 0.29) is 24.2 Å². The minimum Gasteiger partial charge on any atom is -0.497 e. The summed E-state index contributed by atoms with van der Waals surface area (Å²) in [6.07, 6.45) is 0.280. The van der Waals surface area contributed by atoms with Crippen molar-refractivity contribution in [3.63, 3.8) is 0 Å². The summed E-state index contributed by atoms with van der Waals surface area (Å²) < 4.78 is 5.18. The molecule has 2 heterocycles. The van der Waals surface area contributed by atoms with Gasteiger partial charge in [-0.1, -0.05) is 12.1 Å². The number of nitrogens with zero attached hydrogens (tertiary/aromatic N) is 3. The summed E-state index contributed by atoms with van der Waals surface area (Å²) in [4.78, 5) is 31.6. The van der Waals surface area contributed by atoms with Gasteiger partial charge in [0.25, 0.3) is 0 Å². The molecule has 2 fully saturated rings. The first-order valence-electron chi connectivity index (χ1n) is 10.5. The third-order valence-electron chi connectivity index (χ3n) is 6.16.